The van der Waals surface area contributed by atoms with Gasteiger partial charge in [-0.15, -0.1) is 6.42 Å². The third kappa shape index (κ3) is 3.26. The summed E-state index contributed by atoms with van der Waals surface area (Å²) in [7, 11) is 0. The molecule has 4 heteroatoms. The summed E-state index contributed by atoms with van der Waals surface area (Å²) in [5.74, 6) is 3.25. The summed E-state index contributed by atoms with van der Waals surface area (Å²) in [6, 6.07) is 5.83. The first-order valence-electron chi connectivity index (χ1n) is 5.90. The second-order valence-corrected chi connectivity index (χ2v) is 5.45. The SMILES string of the molecule is C#CCOc1ccc(Br)cc1CNC1(CO)CC1. The van der Waals surface area contributed by atoms with E-state index in [0.717, 1.165) is 28.6 Å². The minimum atomic E-state index is -0.0777. The summed E-state index contributed by atoms with van der Waals surface area (Å²) in [4.78, 5) is 0. The van der Waals surface area contributed by atoms with Crippen LogP contribution in [0.15, 0.2) is 22.7 Å². The number of aliphatic hydroxyl groups excluding tert-OH is 1. The lowest BCUT2D eigenvalue weighted by Gasteiger charge is -2.16. The smallest absolute Gasteiger partial charge is 0.148 e. The Morgan fingerprint density at radius 1 is 1.50 bits per heavy atom. The van der Waals surface area contributed by atoms with Gasteiger partial charge in [-0.3, -0.25) is 0 Å². The molecular formula is C14H16BrNO2. The van der Waals surface area contributed by atoms with Crippen LogP contribution in [0.4, 0.5) is 0 Å². The fourth-order valence-electron chi connectivity index (χ4n) is 1.77. The Kier molecular flexibility index (Phi) is 4.28. The molecule has 0 radical (unpaired) electrons. The molecule has 0 atom stereocenters. The fraction of sp³-hybridized carbons (Fsp3) is 0.429. The highest BCUT2D eigenvalue weighted by Gasteiger charge is 2.41. The molecule has 1 aromatic rings. The average molecular weight is 310 g/mol. The Labute approximate surface area is 116 Å². The predicted octanol–water partition coefficient (Wildman–Crippen LogP) is 2.08. The molecule has 0 amide bonds. The van der Waals surface area contributed by atoms with Crippen molar-refractivity contribution >= 4 is 15.9 Å². The number of terminal acetylenes is 1. The van der Waals surface area contributed by atoms with Crippen molar-refractivity contribution in [2.24, 2.45) is 0 Å². The Hall–Kier alpha value is -1.02. The highest BCUT2D eigenvalue weighted by molar-refractivity contribution is 9.10. The van der Waals surface area contributed by atoms with Crippen molar-refractivity contribution in [1.29, 1.82) is 0 Å². The molecule has 1 aromatic carbocycles. The molecule has 0 unspecified atom stereocenters. The lowest BCUT2D eigenvalue weighted by Crippen LogP contribution is -2.34. The lowest BCUT2D eigenvalue weighted by atomic mass is 10.2. The number of hydrogen-bond acceptors (Lipinski definition) is 3. The Morgan fingerprint density at radius 2 is 2.28 bits per heavy atom. The number of benzene rings is 1. The molecule has 0 aromatic heterocycles. The first kappa shape index (κ1) is 13.4. The van der Waals surface area contributed by atoms with Crippen LogP contribution in [0.3, 0.4) is 0 Å². The topological polar surface area (TPSA) is 41.5 Å². The van der Waals surface area contributed by atoms with Crippen LogP contribution in [0, 0.1) is 12.3 Å². The first-order chi connectivity index (χ1) is 8.69. The van der Waals surface area contributed by atoms with Crippen LogP contribution in [0.25, 0.3) is 0 Å². The highest BCUT2D eigenvalue weighted by Crippen LogP contribution is 2.35. The largest absolute Gasteiger partial charge is 0.481 e. The first-order valence-corrected chi connectivity index (χ1v) is 6.69. The maximum atomic E-state index is 9.27. The van der Waals surface area contributed by atoms with Gasteiger partial charge in [0.05, 0.1) is 6.61 Å². The molecular weight excluding hydrogens is 294 g/mol. The molecule has 0 spiro atoms. The molecule has 3 nitrogen and oxygen atoms in total. The molecule has 0 aliphatic heterocycles. The quantitative estimate of drug-likeness (QED) is 0.791. The normalized spacial score (nSPS) is 16.1. The van der Waals surface area contributed by atoms with Gasteiger partial charge < -0.3 is 15.2 Å². The van der Waals surface area contributed by atoms with E-state index in [2.05, 4.69) is 27.2 Å². The van der Waals surface area contributed by atoms with Gasteiger partial charge in [-0.25, -0.2) is 0 Å². The van der Waals surface area contributed by atoms with Gasteiger partial charge in [0.25, 0.3) is 0 Å². The zero-order valence-corrected chi connectivity index (χ0v) is 11.7. The number of ether oxygens (including phenoxy) is 1. The maximum absolute atomic E-state index is 9.27. The summed E-state index contributed by atoms with van der Waals surface area (Å²) in [6.07, 6.45) is 7.25. The van der Waals surface area contributed by atoms with Crippen molar-refractivity contribution in [2.75, 3.05) is 13.2 Å². The van der Waals surface area contributed by atoms with Gasteiger partial charge in [0.15, 0.2) is 0 Å². The van der Waals surface area contributed by atoms with Crippen LogP contribution in [0.1, 0.15) is 18.4 Å². The Bertz CT molecular complexity index is 463. The van der Waals surface area contributed by atoms with Crippen LogP contribution >= 0.6 is 15.9 Å². The van der Waals surface area contributed by atoms with Crippen molar-refractivity contribution in [3.8, 4) is 18.1 Å². The number of aliphatic hydroxyl groups is 1. The van der Waals surface area contributed by atoms with Crippen molar-refractivity contribution in [3.63, 3.8) is 0 Å². The average Bonchev–Trinajstić information content (AvgIpc) is 3.16. The van der Waals surface area contributed by atoms with Crippen molar-refractivity contribution < 1.29 is 9.84 Å². The fourth-order valence-corrected chi connectivity index (χ4v) is 2.18. The van der Waals surface area contributed by atoms with Gasteiger partial charge in [0.1, 0.15) is 12.4 Å². The monoisotopic (exact) mass is 309 g/mol. The predicted molar refractivity (Wildman–Crippen MR) is 74.4 cm³/mol. The van der Waals surface area contributed by atoms with E-state index < -0.39 is 0 Å². The summed E-state index contributed by atoms with van der Waals surface area (Å²) in [5.41, 5.74) is 0.963. The molecule has 1 aliphatic carbocycles. The molecule has 2 N–H and O–H groups in total. The molecule has 0 bridgehead atoms. The Balaban J connectivity index is 2.05. The van der Waals surface area contributed by atoms with Gasteiger partial charge >= 0.3 is 0 Å². The van der Waals surface area contributed by atoms with Gasteiger partial charge in [-0.2, -0.15) is 0 Å². The van der Waals surface area contributed by atoms with Crippen LogP contribution in [-0.4, -0.2) is 23.9 Å². The molecule has 96 valence electrons. The summed E-state index contributed by atoms with van der Waals surface area (Å²) < 4.78 is 6.50. The van der Waals surface area contributed by atoms with Gasteiger partial charge in [0, 0.05) is 22.1 Å². The number of nitrogens with one attached hydrogen (secondary N) is 1. The van der Waals surface area contributed by atoms with E-state index in [0.29, 0.717) is 6.54 Å². The molecule has 0 saturated heterocycles. The van der Waals surface area contributed by atoms with Crippen LogP contribution in [0.2, 0.25) is 0 Å². The van der Waals surface area contributed by atoms with Crippen LogP contribution in [-0.2, 0) is 6.54 Å². The van der Waals surface area contributed by atoms with E-state index in [1.807, 2.05) is 18.2 Å². The maximum Gasteiger partial charge on any atom is 0.148 e. The minimum Gasteiger partial charge on any atom is -0.481 e. The highest BCUT2D eigenvalue weighted by atomic mass is 79.9. The lowest BCUT2D eigenvalue weighted by molar-refractivity contribution is 0.229. The number of halogens is 1. The van der Waals surface area contributed by atoms with E-state index in [4.69, 9.17) is 11.2 Å². The molecule has 0 heterocycles. The summed E-state index contributed by atoms with van der Waals surface area (Å²) >= 11 is 3.44. The number of rotatable bonds is 6. The number of hydrogen-bond donors (Lipinski definition) is 2. The van der Waals surface area contributed by atoms with Gasteiger partial charge in [-0.05, 0) is 31.0 Å². The molecule has 2 rings (SSSR count). The van der Waals surface area contributed by atoms with Gasteiger partial charge in [0.2, 0.25) is 0 Å². The zero-order chi connectivity index (χ0) is 13.0. The second kappa shape index (κ2) is 5.75. The van der Waals surface area contributed by atoms with E-state index in [-0.39, 0.29) is 18.8 Å². The third-order valence-electron chi connectivity index (χ3n) is 3.14. The third-order valence-corrected chi connectivity index (χ3v) is 3.64. The molecule has 18 heavy (non-hydrogen) atoms. The van der Waals surface area contributed by atoms with Crippen molar-refractivity contribution in [3.05, 3.63) is 28.2 Å². The molecule has 1 fully saturated rings. The Morgan fingerprint density at radius 3 is 2.89 bits per heavy atom. The summed E-state index contributed by atoms with van der Waals surface area (Å²) in [5, 5.41) is 12.6. The van der Waals surface area contributed by atoms with Crippen LogP contribution in [0.5, 0.6) is 5.75 Å². The molecule has 1 aliphatic rings. The molecule has 1 saturated carbocycles. The van der Waals surface area contributed by atoms with Crippen molar-refractivity contribution in [2.45, 2.75) is 24.9 Å². The second-order valence-electron chi connectivity index (χ2n) is 4.54. The van der Waals surface area contributed by atoms with Crippen LogP contribution < -0.4 is 10.1 Å². The van der Waals surface area contributed by atoms with Gasteiger partial charge in [-0.1, -0.05) is 21.9 Å². The van der Waals surface area contributed by atoms with E-state index in [9.17, 15) is 5.11 Å². The minimum absolute atomic E-state index is 0.0777. The summed E-state index contributed by atoms with van der Waals surface area (Å²) in [6.45, 7) is 1.11. The zero-order valence-electron chi connectivity index (χ0n) is 10.1. The van der Waals surface area contributed by atoms with E-state index in [1.165, 1.54) is 0 Å². The standard InChI is InChI=1S/C14H16BrNO2/c1-2-7-18-13-4-3-12(15)8-11(13)9-16-14(10-17)5-6-14/h1,3-4,8,16-17H,5-7,9-10H2. The van der Waals surface area contributed by atoms with Crippen molar-refractivity contribution in [1.82, 2.24) is 5.32 Å². The van der Waals surface area contributed by atoms with E-state index in [1.54, 1.807) is 0 Å². The van der Waals surface area contributed by atoms with E-state index >= 15 is 0 Å².